The van der Waals surface area contributed by atoms with E-state index in [2.05, 4.69) is 17.9 Å². The molecule has 0 radical (unpaired) electrons. The number of carbonyl (C=O) groups excluding carboxylic acids is 1. The Hall–Kier alpha value is -2.68. The van der Waals surface area contributed by atoms with Crippen LogP contribution in [0.15, 0.2) is 24.3 Å². The lowest BCUT2D eigenvalue weighted by Gasteiger charge is -2.33. The van der Waals surface area contributed by atoms with Gasteiger partial charge in [0.15, 0.2) is 11.7 Å². The summed E-state index contributed by atoms with van der Waals surface area (Å²) in [6.45, 7) is 3.94. The number of aromatic nitrogens is 2. The van der Waals surface area contributed by atoms with E-state index in [1.54, 1.807) is 0 Å². The van der Waals surface area contributed by atoms with Crippen LogP contribution in [0, 0.1) is 17.2 Å². The SMILES string of the molecule is C[C@H]1CCCN(c2nc3ccccc3nc2[C@H](C#N)C(=O)OC2CCCCC2)C1. The Morgan fingerprint density at radius 2 is 1.86 bits per heavy atom. The molecule has 0 amide bonds. The number of hydrogen-bond acceptors (Lipinski definition) is 6. The van der Waals surface area contributed by atoms with Crippen LogP contribution in [-0.2, 0) is 9.53 Å². The number of anilines is 1. The average Bonchev–Trinajstić information content (AvgIpc) is 2.74. The summed E-state index contributed by atoms with van der Waals surface area (Å²) < 4.78 is 5.73. The Bertz CT molecular complexity index is 917. The van der Waals surface area contributed by atoms with E-state index in [1.165, 1.54) is 12.8 Å². The lowest BCUT2D eigenvalue weighted by molar-refractivity contribution is -0.150. The fourth-order valence-electron chi connectivity index (χ4n) is 4.45. The van der Waals surface area contributed by atoms with Crippen molar-refractivity contribution in [3.63, 3.8) is 0 Å². The molecule has 1 aromatic carbocycles. The van der Waals surface area contributed by atoms with Gasteiger partial charge in [-0.05, 0) is 56.6 Å². The van der Waals surface area contributed by atoms with E-state index in [-0.39, 0.29) is 6.10 Å². The number of piperidine rings is 1. The fourth-order valence-corrected chi connectivity index (χ4v) is 4.45. The van der Waals surface area contributed by atoms with E-state index < -0.39 is 11.9 Å². The van der Waals surface area contributed by atoms with E-state index in [9.17, 15) is 10.1 Å². The zero-order chi connectivity index (χ0) is 20.2. The third kappa shape index (κ3) is 4.34. The number of nitriles is 1. The summed E-state index contributed by atoms with van der Waals surface area (Å²) in [4.78, 5) is 24.7. The van der Waals surface area contributed by atoms with Crippen LogP contribution in [0.3, 0.4) is 0 Å². The smallest absolute Gasteiger partial charge is 0.329 e. The highest BCUT2D eigenvalue weighted by Gasteiger charge is 2.33. The Morgan fingerprint density at radius 3 is 2.55 bits per heavy atom. The number of fused-ring (bicyclic) bond motifs is 1. The van der Waals surface area contributed by atoms with Crippen molar-refractivity contribution in [2.75, 3.05) is 18.0 Å². The second kappa shape index (κ2) is 8.77. The molecule has 29 heavy (non-hydrogen) atoms. The van der Waals surface area contributed by atoms with Gasteiger partial charge in [0, 0.05) is 13.1 Å². The Morgan fingerprint density at radius 1 is 1.14 bits per heavy atom. The summed E-state index contributed by atoms with van der Waals surface area (Å²) in [6, 6.07) is 9.77. The minimum Gasteiger partial charge on any atom is -0.461 e. The molecule has 152 valence electrons. The Labute approximate surface area is 171 Å². The molecule has 1 saturated heterocycles. The van der Waals surface area contributed by atoms with Gasteiger partial charge < -0.3 is 9.64 Å². The minimum absolute atomic E-state index is 0.0843. The molecule has 1 saturated carbocycles. The van der Waals surface area contributed by atoms with Crippen molar-refractivity contribution in [2.45, 2.75) is 63.9 Å². The van der Waals surface area contributed by atoms with E-state index in [0.717, 1.165) is 50.7 Å². The molecule has 2 atom stereocenters. The molecule has 4 rings (SSSR count). The molecule has 1 aliphatic heterocycles. The maximum Gasteiger partial charge on any atom is 0.329 e. The topological polar surface area (TPSA) is 79.1 Å². The van der Waals surface area contributed by atoms with E-state index in [0.29, 0.717) is 22.9 Å². The van der Waals surface area contributed by atoms with Gasteiger partial charge in [-0.25, -0.2) is 9.97 Å². The molecule has 1 aliphatic carbocycles. The third-order valence-corrected chi connectivity index (χ3v) is 6.01. The lowest BCUT2D eigenvalue weighted by atomic mass is 9.97. The number of esters is 1. The van der Waals surface area contributed by atoms with Gasteiger partial charge in [0.2, 0.25) is 0 Å². The van der Waals surface area contributed by atoms with Crippen LogP contribution < -0.4 is 4.90 Å². The molecule has 2 aliphatic rings. The minimum atomic E-state index is -1.05. The van der Waals surface area contributed by atoms with Crippen molar-refractivity contribution < 1.29 is 9.53 Å². The molecule has 6 nitrogen and oxygen atoms in total. The molecular formula is C23H28N4O2. The lowest BCUT2D eigenvalue weighted by Crippen LogP contribution is -2.36. The predicted octanol–water partition coefficient (Wildman–Crippen LogP) is 4.35. The molecule has 1 aromatic heterocycles. The molecule has 2 aromatic rings. The van der Waals surface area contributed by atoms with Crippen molar-refractivity contribution in [3.05, 3.63) is 30.0 Å². The van der Waals surface area contributed by atoms with Gasteiger partial charge in [-0.1, -0.05) is 25.5 Å². The maximum atomic E-state index is 12.9. The van der Waals surface area contributed by atoms with Crippen molar-refractivity contribution >= 4 is 22.8 Å². The van der Waals surface area contributed by atoms with E-state index >= 15 is 0 Å². The van der Waals surface area contributed by atoms with Crippen molar-refractivity contribution in [3.8, 4) is 6.07 Å². The monoisotopic (exact) mass is 392 g/mol. The Kier molecular flexibility index (Phi) is 5.94. The van der Waals surface area contributed by atoms with Crippen LogP contribution in [-0.4, -0.2) is 35.1 Å². The first-order chi connectivity index (χ1) is 14.2. The van der Waals surface area contributed by atoms with Crippen molar-refractivity contribution in [1.82, 2.24) is 9.97 Å². The summed E-state index contributed by atoms with van der Waals surface area (Å²) in [7, 11) is 0. The number of hydrogen-bond donors (Lipinski definition) is 0. The molecule has 6 heteroatoms. The van der Waals surface area contributed by atoms with Crippen molar-refractivity contribution in [1.29, 1.82) is 5.26 Å². The predicted molar refractivity (Wildman–Crippen MR) is 111 cm³/mol. The van der Waals surface area contributed by atoms with E-state index in [4.69, 9.17) is 14.7 Å². The van der Waals surface area contributed by atoms with Gasteiger partial charge in [0.25, 0.3) is 0 Å². The quantitative estimate of drug-likeness (QED) is 0.720. The molecular weight excluding hydrogens is 364 g/mol. The fraction of sp³-hybridized carbons (Fsp3) is 0.565. The summed E-state index contributed by atoms with van der Waals surface area (Å²) in [5, 5.41) is 9.89. The van der Waals surface area contributed by atoms with Gasteiger partial charge in [0.05, 0.1) is 17.1 Å². The number of nitrogens with zero attached hydrogens (tertiary/aromatic N) is 4. The molecule has 2 fully saturated rings. The summed E-state index contributed by atoms with van der Waals surface area (Å²) >= 11 is 0. The van der Waals surface area contributed by atoms with Crippen LogP contribution in [0.5, 0.6) is 0 Å². The highest BCUT2D eigenvalue weighted by Crippen LogP contribution is 2.32. The highest BCUT2D eigenvalue weighted by molar-refractivity contribution is 5.85. The zero-order valence-electron chi connectivity index (χ0n) is 17.0. The maximum absolute atomic E-state index is 12.9. The zero-order valence-corrected chi connectivity index (χ0v) is 17.0. The van der Waals surface area contributed by atoms with Crippen LogP contribution in [0.2, 0.25) is 0 Å². The second-order valence-corrected chi connectivity index (χ2v) is 8.37. The van der Waals surface area contributed by atoms with Crippen LogP contribution in [0.4, 0.5) is 5.82 Å². The standard InChI is InChI=1S/C23H28N4O2/c1-16-8-7-13-27(15-16)22-21(25-19-11-5-6-12-20(19)26-22)18(14-24)23(28)29-17-9-3-2-4-10-17/h5-6,11-12,16-18H,2-4,7-10,13,15H2,1H3/t16-,18-/m0/s1. The molecule has 2 heterocycles. The van der Waals surface area contributed by atoms with E-state index in [1.807, 2.05) is 24.3 Å². The van der Waals surface area contributed by atoms with Crippen LogP contribution in [0.25, 0.3) is 11.0 Å². The average molecular weight is 393 g/mol. The number of rotatable bonds is 4. The van der Waals surface area contributed by atoms with Gasteiger partial charge in [0.1, 0.15) is 11.8 Å². The number of para-hydroxylation sites is 2. The normalized spacial score (nSPS) is 21.5. The van der Waals surface area contributed by atoms with Crippen LogP contribution >= 0.6 is 0 Å². The van der Waals surface area contributed by atoms with Gasteiger partial charge in [-0.3, -0.25) is 4.79 Å². The summed E-state index contributed by atoms with van der Waals surface area (Å²) in [5.74, 6) is -0.349. The van der Waals surface area contributed by atoms with Crippen molar-refractivity contribution in [2.24, 2.45) is 5.92 Å². The largest absolute Gasteiger partial charge is 0.461 e. The molecule has 0 N–H and O–H groups in total. The third-order valence-electron chi connectivity index (χ3n) is 6.01. The first-order valence-electron chi connectivity index (χ1n) is 10.8. The highest BCUT2D eigenvalue weighted by atomic mass is 16.5. The molecule has 0 spiro atoms. The first kappa shape index (κ1) is 19.6. The molecule has 0 unspecified atom stereocenters. The van der Waals surface area contributed by atoms with Gasteiger partial charge in [-0.2, -0.15) is 5.26 Å². The van der Waals surface area contributed by atoms with Gasteiger partial charge >= 0.3 is 5.97 Å². The molecule has 0 bridgehead atoms. The number of ether oxygens (including phenoxy) is 1. The summed E-state index contributed by atoms with van der Waals surface area (Å²) in [5.41, 5.74) is 1.91. The van der Waals surface area contributed by atoms with Crippen LogP contribution in [0.1, 0.15) is 63.5 Å². The number of benzene rings is 1. The second-order valence-electron chi connectivity index (χ2n) is 8.37. The summed E-state index contributed by atoms with van der Waals surface area (Å²) in [6.07, 6.45) is 7.25. The first-order valence-corrected chi connectivity index (χ1v) is 10.8. The van der Waals surface area contributed by atoms with Gasteiger partial charge in [-0.15, -0.1) is 0 Å². The number of carbonyl (C=O) groups is 1. The Balaban J connectivity index is 1.70.